The van der Waals surface area contributed by atoms with Gasteiger partial charge in [-0.3, -0.25) is 14.4 Å². The van der Waals surface area contributed by atoms with Gasteiger partial charge in [-0.1, -0.05) is 18.2 Å². The molecule has 0 bridgehead atoms. The number of anilines is 4. The summed E-state index contributed by atoms with van der Waals surface area (Å²) in [5, 5.41) is 7.30. The molecule has 0 aliphatic carbocycles. The number of Topliss-reactive ketones (excluding diaryl/α,β-unsaturated/α-hetero) is 1. The van der Waals surface area contributed by atoms with Crippen LogP contribution in [-0.2, 0) is 29.0 Å². The van der Waals surface area contributed by atoms with Crippen molar-refractivity contribution in [3.63, 3.8) is 0 Å². The van der Waals surface area contributed by atoms with E-state index in [1.165, 1.54) is 0 Å². The van der Waals surface area contributed by atoms with Gasteiger partial charge in [0.1, 0.15) is 0 Å². The molecule has 2 aromatic heterocycles. The van der Waals surface area contributed by atoms with Crippen LogP contribution in [0.15, 0.2) is 76.3 Å². The van der Waals surface area contributed by atoms with Gasteiger partial charge in [-0.25, -0.2) is 4.79 Å². The van der Waals surface area contributed by atoms with E-state index >= 15 is 0 Å². The lowest BCUT2D eigenvalue weighted by molar-refractivity contribution is 0.0993. The molecule has 13 heteroatoms. The average molecular weight is 720 g/mol. The van der Waals surface area contributed by atoms with Crippen LogP contribution in [0.4, 0.5) is 27.5 Å². The Bertz CT molecular complexity index is 2300. The molecule has 3 aromatic carbocycles. The number of amides is 2. The topological polar surface area (TPSA) is 153 Å². The number of carbonyl (C=O) groups excluding carboxylic acids is 2. The highest BCUT2D eigenvalue weighted by Gasteiger charge is 2.24. The first-order chi connectivity index (χ1) is 25.7. The molecular formula is C40H45N7O6. The van der Waals surface area contributed by atoms with Crippen molar-refractivity contribution in [2.45, 2.75) is 33.4 Å². The number of rotatable bonds is 10. The number of ketones is 1. The summed E-state index contributed by atoms with van der Waals surface area (Å²) < 4.78 is 14.6. The number of hydrogen-bond acceptors (Lipinski definition) is 9. The minimum absolute atomic E-state index is 0.0786. The minimum Gasteiger partial charge on any atom is -0.399 e. The number of nitrogens with zero attached hydrogens (tertiary/aromatic N) is 4. The maximum atomic E-state index is 14.1. The summed E-state index contributed by atoms with van der Waals surface area (Å²) >= 11 is 0. The Morgan fingerprint density at radius 1 is 0.774 bits per heavy atom. The van der Waals surface area contributed by atoms with Gasteiger partial charge in [0.15, 0.2) is 5.78 Å². The first-order valence-electron chi connectivity index (χ1n) is 18.2. The quantitative estimate of drug-likeness (QED) is 0.142. The molecule has 0 radical (unpaired) electrons. The van der Waals surface area contributed by atoms with Gasteiger partial charge < -0.3 is 44.8 Å². The van der Waals surface area contributed by atoms with Gasteiger partial charge in [-0.15, -0.1) is 0 Å². The molecule has 4 N–H and O–H groups in total. The molecule has 2 aliphatic rings. The van der Waals surface area contributed by atoms with E-state index in [-0.39, 0.29) is 23.4 Å². The highest BCUT2D eigenvalue weighted by molar-refractivity contribution is 6.02. The van der Waals surface area contributed by atoms with Crippen LogP contribution < -0.4 is 37.3 Å². The monoisotopic (exact) mass is 719 g/mol. The van der Waals surface area contributed by atoms with Gasteiger partial charge in [0, 0.05) is 85.0 Å². The zero-order chi connectivity index (χ0) is 37.1. The van der Waals surface area contributed by atoms with Crippen molar-refractivity contribution in [1.82, 2.24) is 14.5 Å². The first kappa shape index (κ1) is 35.7. The number of morpholine rings is 2. The van der Waals surface area contributed by atoms with Crippen LogP contribution in [-0.4, -0.2) is 80.1 Å². The highest BCUT2D eigenvalue weighted by atomic mass is 16.5. The van der Waals surface area contributed by atoms with E-state index in [2.05, 4.69) is 20.4 Å². The summed E-state index contributed by atoms with van der Waals surface area (Å²) in [5.41, 5.74) is 12.4. The Labute approximate surface area is 306 Å². The molecule has 4 heterocycles. The predicted octanol–water partition coefficient (Wildman–Crippen LogP) is 4.21. The molecular weight excluding hydrogens is 674 g/mol. The number of nitrogen functional groups attached to an aromatic ring is 1. The van der Waals surface area contributed by atoms with Crippen LogP contribution in [0.1, 0.15) is 35.3 Å². The van der Waals surface area contributed by atoms with Gasteiger partial charge >= 0.3 is 6.03 Å². The fourth-order valence-electron chi connectivity index (χ4n) is 7.47. The number of ether oxygens (including phenoxy) is 2. The molecule has 2 saturated heterocycles. The second kappa shape index (κ2) is 15.5. The number of hydrogen-bond donors (Lipinski definition) is 3. The number of aryl methyl sites for hydroxylation is 2. The fraction of sp³-hybridized carbons (Fsp3) is 0.350. The normalized spacial score (nSPS) is 14.8. The van der Waals surface area contributed by atoms with Gasteiger partial charge in [0.2, 0.25) is 0 Å². The fourth-order valence-corrected chi connectivity index (χ4v) is 7.47. The molecule has 5 aromatic rings. The lowest BCUT2D eigenvalue weighted by atomic mass is 9.97. The molecule has 7 rings (SSSR count). The van der Waals surface area contributed by atoms with Crippen LogP contribution in [0, 0.1) is 0 Å². The van der Waals surface area contributed by atoms with E-state index in [1.807, 2.05) is 50.2 Å². The van der Waals surface area contributed by atoms with Crippen LogP contribution in [0.2, 0.25) is 0 Å². The maximum absolute atomic E-state index is 14.1. The molecule has 276 valence electrons. The van der Waals surface area contributed by atoms with Crippen molar-refractivity contribution < 1.29 is 19.1 Å². The van der Waals surface area contributed by atoms with Crippen LogP contribution >= 0.6 is 0 Å². The molecule has 53 heavy (non-hydrogen) atoms. The summed E-state index contributed by atoms with van der Waals surface area (Å²) in [6, 6.07) is 19.4. The number of aromatic nitrogens is 2. The first-order valence-corrected chi connectivity index (χ1v) is 18.2. The largest absolute Gasteiger partial charge is 0.399 e. The summed E-state index contributed by atoms with van der Waals surface area (Å²) in [5.74, 6) is -0.271. The van der Waals surface area contributed by atoms with E-state index in [1.54, 1.807) is 39.5 Å². The van der Waals surface area contributed by atoms with E-state index in [9.17, 15) is 19.2 Å². The number of nitrogens with two attached hydrogens (primary N) is 1. The second-order valence-electron chi connectivity index (χ2n) is 13.3. The zero-order valence-corrected chi connectivity index (χ0v) is 30.2. The molecule has 2 amide bonds. The van der Waals surface area contributed by atoms with Gasteiger partial charge in [-0.2, -0.15) is 0 Å². The lowest BCUT2D eigenvalue weighted by Gasteiger charge is -2.32. The Kier molecular flexibility index (Phi) is 10.5. The summed E-state index contributed by atoms with van der Waals surface area (Å²) in [4.78, 5) is 57.8. The summed E-state index contributed by atoms with van der Waals surface area (Å²) in [6.07, 6.45) is 0.311. The lowest BCUT2D eigenvalue weighted by Crippen LogP contribution is -2.39. The SMILES string of the molecule is CCn1c(=O)cc(N2CCOCC2)c2cc(NC(=O)NCC(=O)c3cccc(Cc4c(N5CCOCC5)c5cc(N)ccc5n(CC)c4=O)c3)ccc21. The van der Waals surface area contributed by atoms with Crippen LogP contribution in [0.3, 0.4) is 0 Å². The van der Waals surface area contributed by atoms with Gasteiger partial charge in [-0.05, 0) is 61.9 Å². The predicted molar refractivity (Wildman–Crippen MR) is 209 cm³/mol. The standard InChI is InChI=1S/C40H45N7O6/c1-3-46-33-11-9-29(23-30(33)35(24-37(46)49)44-12-16-52-17-13-44)43-40(51)42-25-36(48)27-7-5-6-26(20-27)21-32-38(45-14-18-53-19-15-45)31-22-28(41)8-10-34(31)47(4-2)39(32)50/h5-11,20,22-24H,3-4,12-19,21,25,41H2,1-2H3,(H2,42,43,51). The van der Waals surface area contributed by atoms with E-state index < -0.39 is 6.03 Å². The molecule has 2 fully saturated rings. The van der Waals surface area contributed by atoms with E-state index in [0.29, 0.717) is 94.6 Å². The number of pyridine rings is 2. The third kappa shape index (κ3) is 7.35. The Balaban J connectivity index is 1.09. The van der Waals surface area contributed by atoms with Crippen LogP contribution in [0.5, 0.6) is 0 Å². The van der Waals surface area contributed by atoms with Crippen molar-refractivity contribution in [3.05, 3.63) is 104 Å². The van der Waals surface area contributed by atoms with Crippen molar-refractivity contribution in [1.29, 1.82) is 0 Å². The minimum atomic E-state index is -0.531. The molecule has 0 unspecified atom stereocenters. The number of fused-ring (bicyclic) bond motifs is 2. The maximum Gasteiger partial charge on any atom is 0.319 e. The highest BCUT2D eigenvalue weighted by Crippen LogP contribution is 2.33. The van der Waals surface area contributed by atoms with Gasteiger partial charge in [0.05, 0.1) is 55.4 Å². The molecule has 0 atom stereocenters. The van der Waals surface area contributed by atoms with Crippen molar-refractivity contribution >= 4 is 56.4 Å². The number of urea groups is 1. The number of benzene rings is 3. The smallest absolute Gasteiger partial charge is 0.319 e. The third-order valence-electron chi connectivity index (χ3n) is 10.1. The number of nitrogens with one attached hydrogen (secondary N) is 2. The Hall–Kier alpha value is -5.66. The van der Waals surface area contributed by atoms with Crippen molar-refractivity contribution in [2.24, 2.45) is 0 Å². The summed E-state index contributed by atoms with van der Waals surface area (Å²) in [6.45, 7) is 9.53. The molecule has 0 spiro atoms. The molecule has 2 aliphatic heterocycles. The second-order valence-corrected chi connectivity index (χ2v) is 13.3. The van der Waals surface area contributed by atoms with E-state index in [0.717, 1.165) is 38.7 Å². The molecule has 13 nitrogen and oxygen atoms in total. The van der Waals surface area contributed by atoms with Gasteiger partial charge in [0.25, 0.3) is 11.1 Å². The Morgan fingerprint density at radius 3 is 2.17 bits per heavy atom. The average Bonchev–Trinajstić information content (AvgIpc) is 3.18. The Morgan fingerprint density at radius 2 is 1.45 bits per heavy atom. The summed E-state index contributed by atoms with van der Waals surface area (Å²) in [7, 11) is 0. The van der Waals surface area contributed by atoms with Crippen LogP contribution in [0.25, 0.3) is 21.8 Å². The molecule has 0 saturated carbocycles. The third-order valence-corrected chi connectivity index (χ3v) is 10.1. The van der Waals surface area contributed by atoms with Crippen molar-refractivity contribution in [2.75, 3.05) is 80.0 Å². The zero-order valence-electron chi connectivity index (χ0n) is 30.2. The number of carbonyl (C=O) groups is 2. The van der Waals surface area contributed by atoms with Crippen molar-refractivity contribution in [3.8, 4) is 0 Å². The van der Waals surface area contributed by atoms with E-state index in [4.69, 9.17) is 15.2 Å².